The van der Waals surface area contributed by atoms with Gasteiger partial charge in [-0.25, -0.2) is 9.59 Å². The number of hydrogen-bond donors (Lipinski definition) is 3. The second-order valence-corrected chi connectivity index (χ2v) is 11.9. The van der Waals surface area contributed by atoms with Gasteiger partial charge in [0.2, 0.25) is 5.91 Å². The number of anilines is 1. The standard InChI is InChI=1S/C31H42N6O4/c1-21(25-19-32-26-13-8-7-12-24(25)26)27(28(38)33-23-11-9-10-22(18-23)20-35(5)6)34-29(39)36-14-16-37(17-15-36)30(40)41-31(2,3)4/h7-13,18-19,21,27,32H,14-17,20H2,1-6H3,(H,33,38)(H,34,39)/t21-,27-/m1/s1. The van der Waals surface area contributed by atoms with Crippen LogP contribution in [-0.2, 0) is 16.1 Å². The Morgan fingerprint density at radius 2 is 1.68 bits per heavy atom. The van der Waals surface area contributed by atoms with Gasteiger partial charge in [0.1, 0.15) is 11.6 Å². The molecule has 1 aliphatic rings. The zero-order valence-electron chi connectivity index (χ0n) is 24.9. The van der Waals surface area contributed by atoms with Crippen molar-refractivity contribution < 1.29 is 19.1 Å². The van der Waals surface area contributed by atoms with Gasteiger partial charge in [-0.3, -0.25) is 4.79 Å². The molecule has 1 fully saturated rings. The number of fused-ring (bicyclic) bond motifs is 1. The van der Waals surface area contributed by atoms with Crippen LogP contribution in [0.2, 0.25) is 0 Å². The SMILES string of the molecule is C[C@H](c1c[nH]c2ccccc12)[C@@H](NC(=O)N1CCN(C(=O)OC(C)(C)C)CC1)C(=O)Nc1cccc(CN(C)C)c1. The molecular weight excluding hydrogens is 520 g/mol. The lowest BCUT2D eigenvalue weighted by Crippen LogP contribution is -2.57. The third-order valence-electron chi connectivity index (χ3n) is 7.09. The Bertz CT molecular complexity index is 1370. The number of amides is 4. The fourth-order valence-corrected chi connectivity index (χ4v) is 5.04. The Morgan fingerprint density at radius 1 is 1.00 bits per heavy atom. The first kappa shape index (κ1) is 29.9. The summed E-state index contributed by atoms with van der Waals surface area (Å²) < 4.78 is 5.47. The van der Waals surface area contributed by atoms with Gasteiger partial charge in [-0.2, -0.15) is 0 Å². The van der Waals surface area contributed by atoms with Crippen molar-refractivity contribution in [1.82, 2.24) is 25.0 Å². The van der Waals surface area contributed by atoms with Crippen LogP contribution >= 0.6 is 0 Å². The molecule has 0 spiro atoms. The lowest BCUT2D eigenvalue weighted by molar-refractivity contribution is -0.118. The van der Waals surface area contributed by atoms with Crippen LogP contribution in [0.4, 0.5) is 15.3 Å². The van der Waals surface area contributed by atoms with Crippen molar-refractivity contribution in [3.63, 3.8) is 0 Å². The normalized spacial score (nSPS) is 15.5. The maximum absolute atomic E-state index is 13.8. The van der Waals surface area contributed by atoms with E-state index < -0.39 is 11.6 Å². The van der Waals surface area contributed by atoms with E-state index in [0.717, 1.165) is 28.6 Å². The van der Waals surface area contributed by atoms with E-state index in [1.165, 1.54) is 0 Å². The molecule has 10 heteroatoms. The molecule has 2 atom stereocenters. The molecule has 3 aromatic rings. The van der Waals surface area contributed by atoms with Gasteiger partial charge in [0, 0.05) is 61.4 Å². The van der Waals surface area contributed by atoms with E-state index in [0.29, 0.717) is 31.9 Å². The van der Waals surface area contributed by atoms with E-state index in [9.17, 15) is 14.4 Å². The number of nitrogens with one attached hydrogen (secondary N) is 3. The number of nitrogens with zero attached hydrogens (tertiary/aromatic N) is 3. The third kappa shape index (κ3) is 7.79. The number of carbonyl (C=O) groups is 3. The van der Waals surface area contributed by atoms with Crippen LogP contribution in [0.1, 0.15) is 44.7 Å². The van der Waals surface area contributed by atoms with Gasteiger partial charge in [0.05, 0.1) is 0 Å². The number of ether oxygens (including phenoxy) is 1. The minimum absolute atomic E-state index is 0.300. The van der Waals surface area contributed by atoms with Gasteiger partial charge in [-0.1, -0.05) is 37.3 Å². The number of urea groups is 1. The highest BCUT2D eigenvalue weighted by Gasteiger charge is 2.33. The molecule has 1 aliphatic heterocycles. The van der Waals surface area contributed by atoms with E-state index in [2.05, 4.69) is 20.5 Å². The van der Waals surface area contributed by atoms with Crippen molar-refractivity contribution in [2.75, 3.05) is 45.6 Å². The summed E-state index contributed by atoms with van der Waals surface area (Å²) in [4.78, 5) is 48.3. The number of aromatic nitrogens is 1. The van der Waals surface area contributed by atoms with Crippen LogP contribution in [0.3, 0.4) is 0 Å². The Balaban J connectivity index is 1.51. The van der Waals surface area contributed by atoms with Crippen LogP contribution in [-0.4, -0.2) is 89.6 Å². The highest BCUT2D eigenvalue weighted by molar-refractivity contribution is 5.98. The molecule has 0 bridgehead atoms. The Kier molecular flexibility index (Phi) is 9.22. The van der Waals surface area contributed by atoms with Crippen LogP contribution in [0.15, 0.2) is 54.7 Å². The van der Waals surface area contributed by atoms with E-state index in [1.807, 2.05) is 96.5 Å². The van der Waals surface area contributed by atoms with Gasteiger partial charge in [0.25, 0.3) is 0 Å². The molecular formula is C31H42N6O4. The van der Waals surface area contributed by atoms with Crippen LogP contribution in [0.5, 0.6) is 0 Å². The molecule has 0 unspecified atom stereocenters. The number of rotatable bonds is 7. The molecule has 220 valence electrons. The Morgan fingerprint density at radius 3 is 2.37 bits per heavy atom. The molecule has 4 rings (SSSR count). The molecule has 2 aromatic carbocycles. The molecule has 4 amide bonds. The maximum atomic E-state index is 13.8. The quantitative estimate of drug-likeness (QED) is 0.390. The fraction of sp³-hybridized carbons (Fsp3) is 0.452. The van der Waals surface area contributed by atoms with E-state index in [-0.39, 0.29) is 23.9 Å². The molecule has 1 saturated heterocycles. The number of benzene rings is 2. The summed E-state index contributed by atoms with van der Waals surface area (Å²) in [5.41, 5.74) is 3.06. The summed E-state index contributed by atoms with van der Waals surface area (Å²) in [6, 6.07) is 14.4. The monoisotopic (exact) mass is 562 g/mol. The van der Waals surface area contributed by atoms with E-state index in [1.54, 1.807) is 9.80 Å². The van der Waals surface area contributed by atoms with Crippen molar-refractivity contribution in [3.05, 3.63) is 65.9 Å². The molecule has 0 radical (unpaired) electrons. The molecule has 10 nitrogen and oxygen atoms in total. The number of piperazine rings is 1. The zero-order valence-corrected chi connectivity index (χ0v) is 24.9. The van der Waals surface area contributed by atoms with Crippen molar-refractivity contribution in [2.24, 2.45) is 0 Å². The first-order valence-corrected chi connectivity index (χ1v) is 14.0. The van der Waals surface area contributed by atoms with Crippen LogP contribution < -0.4 is 10.6 Å². The largest absolute Gasteiger partial charge is 0.444 e. The average Bonchev–Trinajstić information content (AvgIpc) is 3.34. The van der Waals surface area contributed by atoms with Crippen LogP contribution in [0.25, 0.3) is 10.9 Å². The molecule has 0 saturated carbocycles. The number of hydrogen-bond acceptors (Lipinski definition) is 5. The summed E-state index contributed by atoms with van der Waals surface area (Å²) in [7, 11) is 3.99. The van der Waals surface area contributed by atoms with Gasteiger partial charge < -0.3 is 35.1 Å². The van der Waals surface area contributed by atoms with Crippen molar-refractivity contribution in [3.8, 4) is 0 Å². The number of aromatic amines is 1. The van der Waals surface area contributed by atoms with Crippen LogP contribution in [0, 0.1) is 0 Å². The van der Waals surface area contributed by atoms with Gasteiger partial charge in [-0.05, 0) is 64.2 Å². The topological polar surface area (TPSA) is 110 Å². The molecule has 41 heavy (non-hydrogen) atoms. The van der Waals surface area contributed by atoms with Crippen molar-refractivity contribution in [1.29, 1.82) is 0 Å². The first-order chi connectivity index (χ1) is 19.4. The summed E-state index contributed by atoms with van der Waals surface area (Å²) in [6.45, 7) is 9.56. The molecule has 3 N–H and O–H groups in total. The molecule has 2 heterocycles. The average molecular weight is 563 g/mol. The Labute approximate surface area is 242 Å². The number of carbonyl (C=O) groups excluding carboxylic acids is 3. The summed E-state index contributed by atoms with van der Waals surface area (Å²) in [5.74, 6) is -0.631. The predicted octanol–water partition coefficient (Wildman–Crippen LogP) is 4.60. The second-order valence-electron chi connectivity index (χ2n) is 11.9. The number of para-hydroxylation sites is 1. The smallest absolute Gasteiger partial charge is 0.410 e. The zero-order chi connectivity index (χ0) is 29.7. The third-order valence-corrected chi connectivity index (χ3v) is 7.09. The van der Waals surface area contributed by atoms with E-state index in [4.69, 9.17) is 4.74 Å². The number of H-pyrrole nitrogens is 1. The van der Waals surface area contributed by atoms with Gasteiger partial charge in [-0.15, -0.1) is 0 Å². The summed E-state index contributed by atoms with van der Waals surface area (Å²) >= 11 is 0. The Hall–Kier alpha value is -4.05. The summed E-state index contributed by atoms with van der Waals surface area (Å²) in [6.07, 6.45) is 1.51. The predicted molar refractivity (Wildman–Crippen MR) is 161 cm³/mol. The minimum atomic E-state index is -0.844. The highest BCUT2D eigenvalue weighted by atomic mass is 16.6. The van der Waals surface area contributed by atoms with Gasteiger partial charge in [0.15, 0.2) is 0 Å². The van der Waals surface area contributed by atoms with E-state index >= 15 is 0 Å². The molecule has 1 aromatic heterocycles. The lowest BCUT2D eigenvalue weighted by Gasteiger charge is -2.36. The van der Waals surface area contributed by atoms with Crippen molar-refractivity contribution in [2.45, 2.75) is 51.8 Å². The maximum Gasteiger partial charge on any atom is 0.410 e. The minimum Gasteiger partial charge on any atom is -0.444 e. The molecule has 0 aliphatic carbocycles. The van der Waals surface area contributed by atoms with Crippen molar-refractivity contribution >= 4 is 34.6 Å². The lowest BCUT2D eigenvalue weighted by atomic mass is 9.92. The van der Waals surface area contributed by atoms with Gasteiger partial charge >= 0.3 is 12.1 Å². The highest BCUT2D eigenvalue weighted by Crippen LogP contribution is 2.29. The fourth-order valence-electron chi connectivity index (χ4n) is 5.04. The second kappa shape index (κ2) is 12.6. The summed E-state index contributed by atoms with van der Waals surface area (Å²) in [5, 5.41) is 7.04. The first-order valence-electron chi connectivity index (χ1n) is 14.0.